The van der Waals surface area contributed by atoms with Gasteiger partial charge in [0.15, 0.2) is 0 Å². The summed E-state index contributed by atoms with van der Waals surface area (Å²) in [5, 5.41) is 0.180. The largest absolute Gasteiger partial charge is 0.542 e. The van der Waals surface area contributed by atoms with Gasteiger partial charge in [-0.15, -0.1) is 0 Å². The summed E-state index contributed by atoms with van der Waals surface area (Å²) < 4.78 is 11.7. The van der Waals surface area contributed by atoms with E-state index in [0.29, 0.717) is 11.8 Å². The van der Waals surface area contributed by atoms with Crippen LogP contribution >= 0.6 is 0 Å². The minimum atomic E-state index is -1.84. The lowest BCUT2D eigenvalue weighted by molar-refractivity contribution is 0.414. The molecule has 0 saturated carbocycles. The second-order valence-corrected chi connectivity index (χ2v) is 13.8. The molecule has 0 bridgehead atoms. The maximum Gasteiger partial charge on any atom is 0.250 e. The van der Waals surface area contributed by atoms with Crippen LogP contribution in [0.5, 0.6) is 11.5 Å². The summed E-state index contributed by atoms with van der Waals surface area (Å²) in [6, 6.07) is 12.7. The smallest absolute Gasteiger partial charge is 0.250 e. The summed E-state index contributed by atoms with van der Waals surface area (Å²) in [4.78, 5) is 4.82. The van der Waals surface area contributed by atoms with Gasteiger partial charge in [-0.2, -0.15) is 0 Å². The van der Waals surface area contributed by atoms with Gasteiger partial charge >= 0.3 is 0 Å². The van der Waals surface area contributed by atoms with Gasteiger partial charge in [0, 0.05) is 11.6 Å². The fourth-order valence-corrected chi connectivity index (χ4v) is 4.44. The van der Waals surface area contributed by atoms with Crippen LogP contribution in [0.25, 0.3) is 0 Å². The topological polar surface area (TPSA) is 31.4 Å². The van der Waals surface area contributed by atoms with E-state index in [1.54, 1.807) is 7.11 Å². The molecule has 2 rings (SSSR count). The van der Waals surface area contributed by atoms with E-state index < -0.39 is 8.32 Å². The second kappa shape index (κ2) is 9.12. The maximum absolute atomic E-state index is 6.39. The van der Waals surface area contributed by atoms with Gasteiger partial charge in [0.05, 0.1) is 13.3 Å². The zero-order chi connectivity index (χ0) is 20.9. The molecule has 3 nitrogen and oxygen atoms in total. The number of hydrogen-bond acceptors (Lipinski definition) is 3. The van der Waals surface area contributed by atoms with E-state index in [0.717, 1.165) is 30.0 Å². The molecule has 0 aliphatic heterocycles. The van der Waals surface area contributed by atoms with Gasteiger partial charge < -0.3 is 9.16 Å². The minimum absolute atomic E-state index is 0.180. The van der Waals surface area contributed by atoms with Gasteiger partial charge in [-0.1, -0.05) is 46.8 Å². The van der Waals surface area contributed by atoms with Crippen molar-refractivity contribution in [2.45, 2.75) is 77.4 Å². The molecule has 0 saturated heterocycles. The lowest BCUT2D eigenvalue weighted by Gasteiger charge is -2.36. The third-order valence-electron chi connectivity index (χ3n) is 6.23. The van der Waals surface area contributed by atoms with Crippen LogP contribution in [0.2, 0.25) is 18.1 Å². The van der Waals surface area contributed by atoms with Crippen LogP contribution in [0, 0.1) is 0 Å². The number of hydrogen-bond donors (Lipinski definition) is 0. The van der Waals surface area contributed by atoms with Gasteiger partial charge in [-0.05, 0) is 66.7 Å². The molecule has 0 aliphatic rings. The van der Waals surface area contributed by atoms with E-state index in [-0.39, 0.29) is 5.04 Å². The quantitative estimate of drug-likeness (QED) is 0.441. The number of aromatic nitrogens is 1. The molecular weight excluding hydrogens is 362 g/mol. The maximum atomic E-state index is 6.39. The van der Waals surface area contributed by atoms with Crippen LogP contribution in [0.3, 0.4) is 0 Å². The molecule has 0 fully saturated rings. The average molecular weight is 400 g/mol. The normalized spacial score (nSPS) is 14.4. The molecule has 1 aromatic heterocycles. The van der Waals surface area contributed by atoms with Crippen molar-refractivity contribution in [2.75, 3.05) is 7.11 Å². The van der Waals surface area contributed by atoms with Crippen molar-refractivity contribution in [2.24, 2.45) is 0 Å². The van der Waals surface area contributed by atoms with Crippen LogP contribution in [-0.2, 0) is 0 Å². The van der Waals surface area contributed by atoms with Crippen LogP contribution in [-0.4, -0.2) is 20.4 Å². The number of pyridine rings is 1. The Kier molecular flexibility index (Phi) is 7.32. The van der Waals surface area contributed by atoms with E-state index in [2.05, 4.69) is 72.0 Å². The molecule has 0 radical (unpaired) electrons. The molecule has 0 amide bonds. The molecule has 4 heteroatoms. The molecule has 0 spiro atoms. The summed E-state index contributed by atoms with van der Waals surface area (Å²) in [7, 11) is -0.134. The summed E-state index contributed by atoms with van der Waals surface area (Å²) in [6.07, 6.45) is 4.05. The Labute approximate surface area is 172 Å². The average Bonchev–Trinajstić information content (AvgIpc) is 2.66. The highest BCUT2D eigenvalue weighted by Gasteiger charge is 2.39. The number of nitrogens with zero attached hydrogens (tertiary/aromatic N) is 1. The van der Waals surface area contributed by atoms with Gasteiger partial charge in [-0.3, -0.25) is 4.98 Å². The first-order valence-corrected chi connectivity index (χ1v) is 13.3. The molecule has 0 aliphatic carbocycles. The predicted molar refractivity (Wildman–Crippen MR) is 121 cm³/mol. The van der Waals surface area contributed by atoms with Gasteiger partial charge in [-0.25, -0.2) is 0 Å². The highest BCUT2D eigenvalue weighted by molar-refractivity contribution is 6.74. The molecule has 0 N–H and O–H groups in total. The van der Waals surface area contributed by atoms with Crippen molar-refractivity contribution in [3.8, 4) is 11.5 Å². The molecular formula is C24H37NO2Si. The molecule has 1 aromatic carbocycles. The fraction of sp³-hybridized carbons (Fsp3) is 0.542. The molecule has 1 heterocycles. The van der Waals surface area contributed by atoms with Crippen molar-refractivity contribution in [1.29, 1.82) is 0 Å². The standard InChI is InChI=1S/C24H37NO2Si/c1-9-21(18-11-13-19(26-6)14-12-18)22(10-2)23-16-15-20(17-25-23)27-28(7,8)24(3,4)5/h11-17,21-22H,9-10H2,1-8H3/t21-,22+/m1/s1. The number of methoxy groups -OCH3 is 1. The van der Waals surface area contributed by atoms with Crippen LogP contribution in [0.4, 0.5) is 0 Å². The van der Waals surface area contributed by atoms with Gasteiger partial charge in [0.2, 0.25) is 0 Å². The number of rotatable bonds is 8. The number of ether oxygens (including phenoxy) is 1. The summed E-state index contributed by atoms with van der Waals surface area (Å²) >= 11 is 0. The molecule has 2 atom stereocenters. The predicted octanol–water partition coefficient (Wildman–Crippen LogP) is 7.16. The third kappa shape index (κ3) is 5.16. The van der Waals surface area contributed by atoms with Gasteiger partial charge in [0.1, 0.15) is 11.5 Å². The van der Waals surface area contributed by atoms with Crippen LogP contribution in [0.15, 0.2) is 42.6 Å². The van der Waals surface area contributed by atoms with Crippen molar-refractivity contribution >= 4 is 8.32 Å². The lowest BCUT2D eigenvalue weighted by atomic mass is 9.80. The second-order valence-electron chi connectivity index (χ2n) is 9.08. The lowest BCUT2D eigenvalue weighted by Crippen LogP contribution is -2.43. The highest BCUT2D eigenvalue weighted by Crippen LogP contribution is 2.39. The molecule has 2 aromatic rings. The monoisotopic (exact) mass is 399 g/mol. The van der Waals surface area contributed by atoms with E-state index in [4.69, 9.17) is 14.1 Å². The zero-order valence-electron chi connectivity index (χ0n) is 18.9. The Hall–Kier alpha value is -1.81. The van der Waals surface area contributed by atoms with E-state index in [9.17, 15) is 0 Å². The van der Waals surface area contributed by atoms with Crippen molar-refractivity contribution in [1.82, 2.24) is 4.98 Å². The fourth-order valence-electron chi connectivity index (χ4n) is 3.42. The number of benzene rings is 1. The molecule has 0 unspecified atom stereocenters. The Bertz CT molecular complexity index is 733. The van der Waals surface area contributed by atoms with Crippen LogP contribution < -0.4 is 9.16 Å². The Balaban J connectivity index is 2.23. The Morgan fingerprint density at radius 1 is 0.893 bits per heavy atom. The Morgan fingerprint density at radius 3 is 1.89 bits per heavy atom. The first-order chi connectivity index (χ1) is 13.1. The minimum Gasteiger partial charge on any atom is -0.542 e. The summed E-state index contributed by atoms with van der Waals surface area (Å²) in [5.41, 5.74) is 2.49. The molecule has 28 heavy (non-hydrogen) atoms. The summed E-state index contributed by atoms with van der Waals surface area (Å²) in [6.45, 7) is 15.8. The first-order valence-electron chi connectivity index (χ1n) is 10.4. The van der Waals surface area contributed by atoms with Crippen molar-refractivity contribution in [3.63, 3.8) is 0 Å². The van der Waals surface area contributed by atoms with E-state index in [1.807, 2.05) is 18.3 Å². The first kappa shape index (κ1) is 22.5. The molecule has 154 valence electrons. The third-order valence-corrected chi connectivity index (χ3v) is 10.6. The Morgan fingerprint density at radius 2 is 1.46 bits per heavy atom. The highest BCUT2D eigenvalue weighted by atomic mass is 28.4. The van der Waals surface area contributed by atoms with E-state index in [1.165, 1.54) is 5.56 Å². The SMILES string of the molecule is CC[C@H](c1ccc(OC)cc1)[C@H](CC)c1ccc(O[Si](C)(C)C(C)(C)C)cn1. The summed E-state index contributed by atoms with van der Waals surface area (Å²) in [5.74, 6) is 2.62. The van der Waals surface area contributed by atoms with E-state index >= 15 is 0 Å². The van der Waals surface area contributed by atoms with Crippen molar-refractivity contribution < 1.29 is 9.16 Å². The van der Waals surface area contributed by atoms with Crippen LogP contribution in [0.1, 0.15) is 70.6 Å². The van der Waals surface area contributed by atoms with Crippen molar-refractivity contribution in [3.05, 3.63) is 53.9 Å². The zero-order valence-corrected chi connectivity index (χ0v) is 19.9. The van der Waals surface area contributed by atoms with Gasteiger partial charge in [0.25, 0.3) is 8.32 Å².